The largest absolute Gasteiger partial charge is 0.478 e. The maximum atomic E-state index is 13.9. The van der Waals surface area contributed by atoms with E-state index in [2.05, 4.69) is 50.3 Å². The molecular formula is C47H53N9O7. The van der Waals surface area contributed by atoms with Crippen LogP contribution in [0.1, 0.15) is 80.9 Å². The molecule has 0 saturated carbocycles. The number of carboxylic acids is 1. The first-order valence-corrected chi connectivity index (χ1v) is 21.3. The number of hydrogen-bond donors (Lipinski definition) is 7. The van der Waals surface area contributed by atoms with Gasteiger partial charge in [-0.25, -0.2) is 14.4 Å². The van der Waals surface area contributed by atoms with Crippen LogP contribution in [0.3, 0.4) is 0 Å². The van der Waals surface area contributed by atoms with E-state index in [9.17, 15) is 28.8 Å². The summed E-state index contributed by atoms with van der Waals surface area (Å²) in [4.78, 5) is 84.9. The Hall–Kier alpha value is -7.20. The van der Waals surface area contributed by atoms with Crippen LogP contribution in [0.15, 0.2) is 97.1 Å². The number of rotatable bonds is 19. The summed E-state index contributed by atoms with van der Waals surface area (Å²) in [5, 5.41) is 23.7. The van der Waals surface area contributed by atoms with E-state index in [1.54, 1.807) is 30.1 Å². The van der Waals surface area contributed by atoms with Crippen molar-refractivity contribution in [1.29, 1.82) is 0 Å². The number of aromatic amines is 1. The van der Waals surface area contributed by atoms with Crippen molar-refractivity contribution in [2.45, 2.75) is 70.9 Å². The van der Waals surface area contributed by atoms with Crippen molar-refractivity contribution >= 4 is 58.2 Å². The summed E-state index contributed by atoms with van der Waals surface area (Å²) in [5.41, 5.74) is 5.36. The first kappa shape index (κ1) is 43.9. The number of para-hydroxylation sites is 1. The summed E-state index contributed by atoms with van der Waals surface area (Å²) in [7, 11) is 1.70. The fourth-order valence-corrected chi connectivity index (χ4v) is 8.19. The second-order valence-electron chi connectivity index (χ2n) is 16.0. The van der Waals surface area contributed by atoms with Gasteiger partial charge in [0.05, 0.1) is 11.1 Å². The van der Waals surface area contributed by atoms with Crippen molar-refractivity contribution in [2.24, 2.45) is 0 Å². The number of urea groups is 2. The molecule has 7 rings (SSSR count). The molecule has 0 bridgehead atoms. The highest BCUT2D eigenvalue weighted by atomic mass is 16.4. The zero-order valence-corrected chi connectivity index (χ0v) is 35.6. The minimum atomic E-state index is -0.944. The lowest BCUT2D eigenvalue weighted by Crippen LogP contribution is -2.49. The normalized spacial score (nSPS) is 15.5. The fraction of sp³-hybridized carbons (Fsp3) is 0.319. The number of anilines is 2. The Balaban J connectivity index is 0.974. The molecule has 2 aliphatic rings. The zero-order valence-electron chi connectivity index (χ0n) is 35.6. The number of nitrogens with one attached hydrogen (secondary N) is 6. The highest BCUT2D eigenvalue weighted by Gasteiger charge is 2.46. The maximum Gasteiger partial charge on any atom is 0.335 e. The minimum Gasteiger partial charge on any atom is -0.478 e. The van der Waals surface area contributed by atoms with Crippen LogP contribution in [0.25, 0.3) is 10.9 Å². The van der Waals surface area contributed by atoms with Gasteiger partial charge in [-0.1, -0.05) is 68.4 Å². The van der Waals surface area contributed by atoms with Crippen LogP contribution in [0.4, 0.5) is 21.1 Å². The second-order valence-corrected chi connectivity index (χ2v) is 16.0. The number of carbonyl (C=O) groups is 6. The first-order valence-electron chi connectivity index (χ1n) is 21.3. The van der Waals surface area contributed by atoms with Crippen molar-refractivity contribution in [3.63, 3.8) is 0 Å². The third kappa shape index (κ3) is 10.5. The summed E-state index contributed by atoms with van der Waals surface area (Å²) in [6, 6.07) is 28.7. The van der Waals surface area contributed by atoms with Crippen LogP contribution in [0, 0.1) is 0 Å². The molecule has 3 heterocycles. The van der Waals surface area contributed by atoms with Crippen molar-refractivity contribution in [2.75, 3.05) is 37.3 Å². The molecule has 0 aliphatic carbocycles. The van der Waals surface area contributed by atoms with Crippen LogP contribution in [0.5, 0.6) is 0 Å². The molecular weight excluding hydrogens is 803 g/mol. The lowest BCUT2D eigenvalue weighted by atomic mass is 10.0. The number of nitrogens with zero attached hydrogens (tertiary/aromatic N) is 3. The lowest BCUT2D eigenvalue weighted by molar-refractivity contribution is -0.131. The quantitative estimate of drug-likeness (QED) is 0.0524. The summed E-state index contributed by atoms with van der Waals surface area (Å²) in [6.45, 7) is 5.52. The molecule has 16 heteroatoms. The van der Waals surface area contributed by atoms with E-state index in [1.165, 1.54) is 4.90 Å². The molecule has 2 atom stereocenters. The third-order valence-electron chi connectivity index (χ3n) is 11.8. The van der Waals surface area contributed by atoms with Gasteiger partial charge < -0.3 is 41.6 Å². The summed E-state index contributed by atoms with van der Waals surface area (Å²) < 4.78 is 0. The maximum absolute atomic E-state index is 13.9. The molecule has 0 spiro atoms. The number of hydrogen-bond acceptors (Lipinski definition) is 7. The molecule has 7 N–H and O–H groups in total. The SMILES string of the molecule is CCC(CC)N(CCN(C)C(=O)CN1C(=O)NC2NC(=O)NC21)Cc1cccc(C(=O)Nc2[nH]c3ccccc3c2C(=O)Nc2ccc(CCCc3ccc(C(=O)O)cc3)cc2)c1. The summed E-state index contributed by atoms with van der Waals surface area (Å²) in [6.07, 6.45) is 3.02. The lowest BCUT2D eigenvalue weighted by Gasteiger charge is -2.32. The van der Waals surface area contributed by atoms with E-state index in [0.717, 1.165) is 48.8 Å². The van der Waals surface area contributed by atoms with Crippen LogP contribution < -0.4 is 26.6 Å². The number of likely N-dealkylation sites (N-methyl/N-ethyl adjacent to an activating group) is 1. The number of carboxylic acid groups (broad SMARTS) is 1. The van der Waals surface area contributed by atoms with E-state index in [4.69, 9.17) is 5.11 Å². The van der Waals surface area contributed by atoms with E-state index in [1.807, 2.05) is 78.9 Å². The molecule has 2 fully saturated rings. The smallest absolute Gasteiger partial charge is 0.335 e. The molecule has 7 amide bonds. The molecule has 2 saturated heterocycles. The number of aryl methyl sites for hydroxylation is 2. The Labute approximate surface area is 365 Å². The molecule has 16 nitrogen and oxygen atoms in total. The molecule has 2 aliphatic heterocycles. The van der Waals surface area contributed by atoms with Crippen molar-refractivity contribution in [1.82, 2.24) is 35.6 Å². The van der Waals surface area contributed by atoms with Gasteiger partial charge in [-0.05, 0) is 91.3 Å². The second kappa shape index (κ2) is 19.7. The predicted molar refractivity (Wildman–Crippen MR) is 239 cm³/mol. The molecule has 2 unspecified atom stereocenters. The van der Waals surface area contributed by atoms with E-state index >= 15 is 0 Å². The van der Waals surface area contributed by atoms with Crippen molar-refractivity contribution < 1.29 is 33.9 Å². The highest BCUT2D eigenvalue weighted by Crippen LogP contribution is 2.28. The van der Waals surface area contributed by atoms with Crippen LogP contribution in [-0.4, -0.2) is 106 Å². The molecule has 1 aromatic heterocycles. The molecule has 5 aromatic rings. The average molecular weight is 856 g/mol. The molecule has 63 heavy (non-hydrogen) atoms. The van der Waals surface area contributed by atoms with E-state index in [0.29, 0.717) is 47.4 Å². The Kier molecular flexibility index (Phi) is 13.7. The van der Waals surface area contributed by atoms with E-state index in [-0.39, 0.29) is 41.7 Å². The number of benzene rings is 4. The Morgan fingerprint density at radius 3 is 2.16 bits per heavy atom. The number of H-pyrrole nitrogens is 1. The van der Waals surface area contributed by atoms with Gasteiger partial charge in [0, 0.05) is 54.9 Å². The fourth-order valence-electron chi connectivity index (χ4n) is 8.19. The molecule has 328 valence electrons. The van der Waals surface area contributed by atoms with Gasteiger partial charge >= 0.3 is 18.0 Å². The number of amides is 7. The Bertz CT molecular complexity index is 2480. The summed E-state index contributed by atoms with van der Waals surface area (Å²) in [5.74, 6) is -1.70. The van der Waals surface area contributed by atoms with Crippen LogP contribution >= 0.6 is 0 Å². The monoisotopic (exact) mass is 855 g/mol. The van der Waals surface area contributed by atoms with Gasteiger partial charge in [0.2, 0.25) is 5.91 Å². The van der Waals surface area contributed by atoms with E-state index < -0.39 is 30.4 Å². The van der Waals surface area contributed by atoms with Crippen LogP contribution in [0.2, 0.25) is 0 Å². The third-order valence-corrected chi connectivity index (χ3v) is 11.8. The van der Waals surface area contributed by atoms with Crippen molar-refractivity contribution in [3.05, 3.63) is 130 Å². The number of aromatic nitrogens is 1. The Morgan fingerprint density at radius 1 is 0.762 bits per heavy atom. The highest BCUT2D eigenvalue weighted by molar-refractivity contribution is 6.19. The summed E-state index contributed by atoms with van der Waals surface area (Å²) >= 11 is 0. The standard InChI is InChI=1S/C47H53N9O7/c1-4-35(5-2)55(25-24-54(3)38(57)28-56-42-41(52-47(56)63)51-46(62)53-42)27-31-12-9-13-33(26-31)43(58)50-40-39(36-14-6-7-15-37(36)49-40)44(59)48-34-22-18-30(19-23-34)11-8-10-29-16-20-32(21-17-29)45(60)61/h6-7,9,12-23,26,35,41-42,49H,4-5,8,10-11,24-25,27-28H2,1-3H3,(H,48,59)(H,50,58)(H,52,63)(H,60,61)(H2,51,53,62). The predicted octanol–water partition coefficient (Wildman–Crippen LogP) is 5.99. The zero-order chi connectivity index (χ0) is 44.6. The average Bonchev–Trinajstić information content (AvgIpc) is 3.92. The number of aromatic carboxylic acids is 1. The van der Waals surface area contributed by atoms with Gasteiger partial charge in [0.1, 0.15) is 24.7 Å². The van der Waals surface area contributed by atoms with Gasteiger partial charge in [-0.15, -0.1) is 0 Å². The first-order chi connectivity index (χ1) is 30.4. The molecule has 0 radical (unpaired) electrons. The number of fused-ring (bicyclic) bond motifs is 2. The minimum absolute atomic E-state index is 0.182. The Morgan fingerprint density at radius 2 is 1.46 bits per heavy atom. The van der Waals surface area contributed by atoms with Gasteiger partial charge in [-0.3, -0.25) is 24.2 Å². The van der Waals surface area contributed by atoms with Crippen molar-refractivity contribution in [3.8, 4) is 0 Å². The van der Waals surface area contributed by atoms with Gasteiger partial charge in [0.25, 0.3) is 11.8 Å². The molecule has 4 aromatic carbocycles. The van der Waals surface area contributed by atoms with Crippen LogP contribution in [-0.2, 0) is 24.2 Å². The van der Waals surface area contributed by atoms with Gasteiger partial charge in [0.15, 0.2) is 0 Å². The number of carbonyl (C=O) groups excluding carboxylic acids is 5. The topological polar surface area (TPSA) is 208 Å². The van der Waals surface area contributed by atoms with Gasteiger partial charge in [-0.2, -0.15) is 0 Å².